The van der Waals surface area contributed by atoms with Crippen molar-refractivity contribution in [3.8, 4) is 11.5 Å². The quantitative estimate of drug-likeness (QED) is 0.942. The molecule has 0 aliphatic heterocycles. The molecule has 114 valence electrons. The van der Waals surface area contributed by atoms with Gasteiger partial charge in [-0.15, -0.1) is 0 Å². The third kappa shape index (κ3) is 3.41. The highest BCUT2D eigenvalue weighted by Gasteiger charge is 2.35. The number of rotatable bonds is 4. The van der Waals surface area contributed by atoms with Gasteiger partial charge in [-0.3, -0.25) is 4.98 Å². The van der Waals surface area contributed by atoms with E-state index in [1.165, 1.54) is 4.57 Å². The number of hydrogen-bond donors (Lipinski definition) is 1. The van der Waals surface area contributed by atoms with Crippen LogP contribution in [0.15, 0.2) is 24.5 Å². The molecule has 0 saturated carbocycles. The van der Waals surface area contributed by atoms with Crippen molar-refractivity contribution in [2.24, 2.45) is 0 Å². The fraction of sp³-hybridized carbons (Fsp3) is 0.429. The molecule has 0 aliphatic carbocycles. The first-order chi connectivity index (χ1) is 9.82. The lowest BCUT2D eigenvalue weighted by molar-refractivity contribution is -0.140. The van der Waals surface area contributed by atoms with Gasteiger partial charge < -0.3 is 9.88 Å². The van der Waals surface area contributed by atoms with E-state index >= 15 is 0 Å². The first-order valence-electron chi connectivity index (χ1n) is 6.59. The van der Waals surface area contributed by atoms with E-state index in [2.05, 4.69) is 15.3 Å². The molecule has 0 amide bonds. The smallest absolute Gasteiger partial charge is 0.327 e. The molecule has 0 radical (unpaired) electrons. The predicted octanol–water partition coefficient (Wildman–Crippen LogP) is 3.26. The van der Waals surface area contributed by atoms with Gasteiger partial charge in [0.25, 0.3) is 0 Å². The average Bonchev–Trinajstić information content (AvgIpc) is 2.85. The zero-order valence-electron chi connectivity index (χ0n) is 12.1. The van der Waals surface area contributed by atoms with Gasteiger partial charge in [0.2, 0.25) is 0 Å². The van der Waals surface area contributed by atoms with E-state index in [-0.39, 0.29) is 11.9 Å². The van der Waals surface area contributed by atoms with Crippen molar-refractivity contribution in [1.82, 2.24) is 19.9 Å². The molecule has 0 aliphatic rings. The fourth-order valence-corrected chi connectivity index (χ4v) is 1.98. The Bertz CT molecular complexity index is 600. The van der Waals surface area contributed by atoms with E-state index in [9.17, 15) is 13.2 Å². The largest absolute Gasteiger partial charge is 0.434 e. The zero-order chi connectivity index (χ0) is 15.6. The number of pyridine rings is 1. The molecular formula is C14H17F3N4. The molecule has 2 aromatic rings. The molecule has 2 heterocycles. The molecule has 0 aromatic carbocycles. The average molecular weight is 298 g/mol. The number of nitrogens with zero attached hydrogens (tertiary/aromatic N) is 3. The lowest BCUT2D eigenvalue weighted by atomic mass is 10.2. The first-order valence-corrected chi connectivity index (χ1v) is 6.59. The van der Waals surface area contributed by atoms with Crippen LogP contribution in [0.3, 0.4) is 0 Å². The number of imidazole rings is 1. The monoisotopic (exact) mass is 298 g/mol. The van der Waals surface area contributed by atoms with Gasteiger partial charge in [-0.05, 0) is 32.5 Å². The maximum absolute atomic E-state index is 12.8. The summed E-state index contributed by atoms with van der Waals surface area (Å²) in [5, 5.41) is 2.99. The van der Waals surface area contributed by atoms with Gasteiger partial charge in [-0.2, -0.15) is 13.2 Å². The van der Waals surface area contributed by atoms with Crippen LogP contribution in [0.1, 0.15) is 31.1 Å². The Morgan fingerprint density at radius 3 is 2.48 bits per heavy atom. The molecule has 4 nitrogen and oxygen atoms in total. The summed E-state index contributed by atoms with van der Waals surface area (Å²) in [5.41, 5.74) is 0.492. The second-order valence-corrected chi connectivity index (χ2v) is 5.03. The highest BCUT2D eigenvalue weighted by molar-refractivity contribution is 5.51. The fourth-order valence-electron chi connectivity index (χ4n) is 1.98. The van der Waals surface area contributed by atoms with E-state index in [4.69, 9.17) is 0 Å². The third-order valence-corrected chi connectivity index (χ3v) is 3.01. The van der Waals surface area contributed by atoms with E-state index in [0.29, 0.717) is 12.2 Å². The van der Waals surface area contributed by atoms with Gasteiger partial charge >= 0.3 is 6.18 Å². The van der Waals surface area contributed by atoms with Crippen LogP contribution >= 0.6 is 0 Å². The molecule has 0 saturated heterocycles. The maximum Gasteiger partial charge on any atom is 0.434 e. The lowest BCUT2D eigenvalue weighted by Crippen LogP contribution is -2.06. The molecule has 0 fully saturated rings. The Morgan fingerprint density at radius 2 is 2.00 bits per heavy atom. The molecule has 7 heteroatoms. The van der Waals surface area contributed by atoms with Gasteiger partial charge in [0.15, 0.2) is 11.5 Å². The lowest BCUT2D eigenvalue weighted by Gasteiger charge is -2.11. The van der Waals surface area contributed by atoms with Crippen molar-refractivity contribution < 1.29 is 13.2 Å². The van der Waals surface area contributed by atoms with Crippen LogP contribution in [-0.2, 0) is 12.7 Å². The van der Waals surface area contributed by atoms with Gasteiger partial charge in [0.05, 0.1) is 0 Å². The summed E-state index contributed by atoms with van der Waals surface area (Å²) in [6.07, 6.45) is -1.79. The van der Waals surface area contributed by atoms with Crippen molar-refractivity contribution in [3.05, 3.63) is 35.8 Å². The molecule has 1 N–H and O–H groups in total. The van der Waals surface area contributed by atoms with E-state index in [0.717, 1.165) is 11.8 Å². The Morgan fingerprint density at radius 1 is 1.29 bits per heavy atom. The summed E-state index contributed by atoms with van der Waals surface area (Å²) < 4.78 is 40.0. The summed E-state index contributed by atoms with van der Waals surface area (Å²) in [5.74, 6) is 0.230. The normalized spacial score (nSPS) is 12.1. The number of halogens is 3. The summed E-state index contributed by atoms with van der Waals surface area (Å²) in [7, 11) is 1.81. The molecule has 0 atom stereocenters. The first kappa shape index (κ1) is 15.5. The Kier molecular flexibility index (Phi) is 4.32. The SMILES string of the molecule is CNCc1ccc(-c2nc(C(F)(F)F)cn2C(C)C)nc1. The topological polar surface area (TPSA) is 42.7 Å². The van der Waals surface area contributed by atoms with Crippen molar-refractivity contribution in [1.29, 1.82) is 0 Å². The molecule has 21 heavy (non-hydrogen) atoms. The number of nitrogens with one attached hydrogen (secondary N) is 1. The number of hydrogen-bond acceptors (Lipinski definition) is 3. The highest BCUT2D eigenvalue weighted by atomic mass is 19.4. The van der Waals surface area contributed by atoms with Crippen LogP contribution < -0.4 is 5.32 Å². The minimum absolute atomic E-state index is 0.137. The summed E-state index contributed by atoms with van der Waals surface area (Å²) >= 11 is 0. The zero-order valence-corrected chi connectivity index (χ0v) is 12.1. The molecule has 2 aromatic heterocycles. The molecule has 2 rings (SSSR count). The number of aromatic nitrogens is 3. The molecule has 0 unspecified atom stereocenters. The van der Waals surface area contributed by atoms with Crippen LogP contribution in [0.2, 0.25) is 0 Å². The van der Waals surface area contributed by atoms with Crippen LogP contribution in [0.25, 0.3) is 11.5 Å². The molecular weight excluding hydrogens is 281 g/mol. The minimum atomic E-state index is -4.46. The van der Waals surface area contributed by atoms with E-state index in [1.807, 2.05) is 13.1 Å². The minimum Gasteiger partial charge on any atom is -0.327 e. The molecule has 0 bridgehead atoms. The standard InChI is InChI=1S/C14H17F3N4/c1-9(2)21-8-12(14(15,16)17)20-13(21)11-5-4-10(6-18-3)7-19-11/h4-5,7-9,18H,6H2,1-3H3. The van der Waals surface area contributed by atoms with Gasteiger partial charge in [0.1, 0.15) is 5.69 Å². The molecule has 0 spiro atoms. The Labute approximate surface area is 121 Å². The maximum atomic E-state index is 12.8. The van der Waals surface area contributed by atoms with E-state index < -0.39 is 11.9 Å². The predicted molar refractivity (Wildman–Crippen MR) is 73.6 cm³/mol. The van der Waals surface area contributed by atoms with Crippen LogP contribution in [0.4, 0.5) is 13.2 Å². The van der Waals surface area contributed by atoms with E-state index in [1.54, 1.807) is 26.1 Å². The highest BCUT2D eigenvalue weighted by Crippen LogP contribution is 2.31. The second kappa shape index (κ2) is 5.85. The van der Waals surface area contributed by atoms with Crippen LogP contribution in [-0.4, -0.2) is 21.6 Å². The van der Waals surface area contributed by atoms with Crippen molar-refractivity contribution >= 4 is 0 Å². The summed E-state index contributed by atoms with van der Waals surface area (Å²) in [6, 6.07) is 3.38. The Balaban J connectivity index is 2.44. The van der Waals surface area contributed by atoms with Gasteiger partial charge in [-0.25, -0.2) is 4.98 Å². The van der Waals surface area contributed by atoms with Crippen LogP contribution in [0, 0.1) is 0 Å². The van der Waals surface area contributed by atoms with Crippen molar-refractivity contribution in [2.45, 2.75) is 32.6 Å². The summed E-state index contributed by atoms with van der Waals surface area (Å²) in [4.78, 5) is 7.92. The van der Waals surface area contributed by atoms with Gasteiger partial charge in [0, 0.05) is 25.0 Å². The van der Waals surface area contributed by atoms with Crippen molar-refractivity contribution in [3.63, 3.8) is 0 Å². The van der Waals surface area contributed by atoms with Crippen molar-refractivity contribution in [2.75, 3.05) is 7.05 Å². The van der Waals surface area contributed by atoms with Crippen LogP contribution in [0.5, 0.6) is 0 Å². The third-order valence-electron chi connectivity index (χ3n) is 3.01. The Hall–Kier alpha value is -1.89. The summed E-state index contributed by atoms with van der Waals surface area (Å²) in [6.45, 7) is 4.26. The van der Waals surface area contributed by atoms with Gasteiger partial charge in [-0.1, -0.05) is 6.07 Å². The number of alkyl halides is 3. The second-order valence-electron chi connectivity index (χ2n) is 5.03.